The average Bonchev–Trinajstić information content (AvgIpc) is 2.94. The molecule has 4 nitrogen and oxygen atoms in total. The minimum atomic E-state index is 0.205. The van der Waals surface area contributed by atoms with Crippen LogP contribution in [0, 0.1) is 0 Å². The molecule has 0 N–H and O–H groups in total. The van der Waals surface area contributed by atoms with Gasteiger partial charge in [-0.05, 0) is 19.9 Å². The predicted octanol–water partition coefficient (Wildman–Crippen LogP) is 2.38. The fourth-order valence-electron chi connectivity index (χ4n) is 2.28. The number of aromatic nitrogens is 3. The van der Waals surface area contributed by atoms with E-state index in [-0.39, 0.29) is 5.92 Å². The Bertz CT molecular complexity index is 533. The second-order valence-corrected chi connectivity index (χ2v) is 4.59. The maximum atomic E-state index is 5.69. The molecule has 2 aromatic rings. The first-order chi connectivity index (χ1) is 8.27. The van der Waals surface area contributed by atoms with Crippen LogP contribution in [0.4, 0.5) is 0 Å². The van der Waals surface area contributed by atoms with E-state index in [9.17, 15) is 0 Å². The summed E-state index contributed by atoms with van der Waals surface area (Å²) in [5.74, 6) is 2.16. The normalized spacial score (nSPS) is 18.2. The van der Waals surface area contributed by atoms with Gasteiger partial charge in [-0.2, -0.15) is 0 Å². The minimum absolute atomic E-state index is 0.205. The molecule has 0 radical (unpaired) electrons. The summed E-state index contributed by atoms with van der Waals surface area (Å²) >= 11 is 0. The highest BCUT2D eigenvalue weighted by molar-refractivity contribution is 5.42. The first kappa shape index (κ1) is 10.3. The van der Waals surface area contributed by atoms with E-state index in [0.717, 1.165) is 11.6 Å². The van der Waals surface area contributed by atoms with Gasteiger partial charge in [-0.1, -0.05) is 18.2 Å². The molecule has 0 fully saturated rings. The lowest BCUT2D eigenvalue weighted by atomic mass is 10.0. The van der Waals surface area contributed by atoms with Crippen LogP contribution in [0.2, 0.25) is 0 Å². The summed E-state index contributed by atoms with van der Waals surface area (Å²) in [6, 6.07) is 8.51. The molecule has 1 aromatic heterocycles. The molecule has 0 bridgehead atoms. The number of para-hydroxylation sites is 1. The first-order valence-electron chi connectivity index (χ1n) is 5.88. The summed E-state index contributed by atoms with van der Waals surface area (Å²) in [5, 5.41) is 8.27. The summed E-state index contributed by atoms with van der Waals surface area (Å²) in [6.07, 6.45) is 1.79. The van der Waals surface area contributed by atoms with Gasteiger partial charge in [0.25, 0.3) is 0 Å². The summed E-state index contributed by atoms with van der Waals surface area (Å²) < 4.78 is 7.80. The number of fused-ring (bicyclic) bond motifs is 1. The Labute approximate surface area is 100 Å². The SMILES string of the molecule is CC(C)n1cnnc1C1COc2ccccc21. The van der Waals surface area contributed by atoms with Gasteiger partial charge in [0.2, 0.25) is 0 Å². The Morgan fingerprint density at radius 1 is 1.35 bits per heavy atom. The Morgan fingerprint density at radius 3 is 3.00 bits per heavy atom. The molecule has 4 heteroatoms. The largest absolute Gasteiger partial charge is 0.492 e. The zero-order chi connectivity index (χ0) is 11.8. The lowest BCUT2D eigenvalue weighted by Gasteiger charge is -2.13. The fraction of sp³-hybridized carbons (Fsp3) is 0.385. The number of nitrogens with zero attached hydrogens (tertiary/aromatic N) is 3. The smallest absolute Gasteiger partial charge is 0.144 e. The van der Waals surface area contributed by atoms with Crippen molar-refractivity contribution < 1.29 is 4.74 Å². The van der Waals surface area contributed by atoms with E-state index in [1.54, 1.807) is 6.33 Å². The molecule has 17 heavy (non-hydrogen) atoms. The number of hydrogen-bond donors (Lipinski definition) is 0. The predicted molar refractivity (Wildman–Crippen MR) is 64.2 cm³/mol. The van der Waals surface area contributed by atoms with Crippen molar-refractivity contribution in [2.24, 2.45) is 0 Å². The van der Waals surface area contributed by atoms with Crippen molar-refractivity contribution in [1.82, 2.24) is 14.8 Å². The van der Waals surface area contributed by atoms with Gasteiger partial charge in [0.1, 0.15) is 24.5 Å². The Kier molecular flexibility index (Phi) is 2.35. The van der Waals surface area contributed by atoms with Gasteiger partial charge in [-0.3, -0.25) is 0 Å². The van der Waals surface area contributed by atoms with E-state index >= 15 is 0 Å². The van der Waals surface area contributed by atoms with Crippen molar-refractivity contribution in [3.8, 4) is 5.75 Å². The van der Waals surface area contributed by atoms with Crippen molar-refractivity contribution in [3.05, 3.63) is 42.0 Å². The van der Waals surface area contributed by atoms with E-state index in [1.807, 2.05) is 18.2 Å². The first-order valence-corrected chi connectivity index (χ1v) is 5.88. The van der Waals surface area contributed by atoms with Crippen LogP contribution < -0.4 is 4.74 Å². The van der Waals surface area contributed by atoms with Gasteiger partial charge < -0.3 is 9.30 Å². The molecule has 0 spiro atoms. The average molecular weight is 229 g/mol. The highest BCUT2D eigenvalue weighted by Crippen LogP contribution is 2.37. The fourth-order valence-corrected chi connectivity index (χ4v) is 2.28. The van der Waals surface area contributed by atoms with Crippen LogP contribution in [-0.4, -0.2) is 21.4 Å². The van der Waals surface area contributed by atoms with Gasteiger partial charge in [0.05, 0.1) is 5.92 Å². The zero-order valence-electron chi connectivity index (χ0n) is 10.00. The van der Waals surface area contributed by atoms with Gasteiger partial charge in [-0.15, -0.1) is 10.2 Å². The van der Waals surface area contributed by atoms with Gasteiger partial charge >= 0.3 is 0 Å². The molecule has 1 unspecified atom stereocenters. The van der Waals surface area contributed by atoms with Crippen molar-refractivity contribution >= 4 is 0 Å². The molecule has 2 heterocycles. The number of rotatable bonds is 2. The second-order valence-electron chi connectivity index (χ2n) is 4.59. The zero-order valence-corrected chi connectivity index (χ0v) is 10.00. The highest BCUT2D eigenvalue weighted by atomic mass is 16.5. The number of benzene rings is 1. The monoisotopic (exact) mass is 229 g/mol. The number of hydrogen-bond acceptors (Lipinski definition) is 3. The molecule has 1 aliphatic heterocycles. The van der Waals surface area contributed by atoms with Crippen LogP contribution in [0.25, 0.3) is 0 Å². The van der Waals surface area contributed by atoms with E-state index < -0.39 is 0 Å². The van der Waals surface area contributed by atoms with Crippen molar-refractivity contribution in [1.29, 1.82) is 0 Å². The molecule has 0 saturated carbocycles. The molecular weight excluding hydrogens is 214 g/mol. The molecule has 0 saturated heterocycles. The maximum Gasteiger partial charge on any atom is 0.144 e. The van der Waals surface area contributed by atoms with Crippen LogP contribution >= 0.6 is 0 Å². The lowest BCUT2D eigenvalue weighted by molar-refractivity contribution is 0.335. The molecule has 3 rings (SSSR count). The molecule has 0 aliphatic carbocycles. The third-order valence-corrected chi connectivity index (χ3v) is 3.17. The topological polar surface area (TPSA) is 39.9 Å². The molecule has 1 aliphatic rings. The van der Waals surface area contributed by atoms with Crippen molar-refractivity contribution in [2.45, 2.75) is 25.8 Å². The molecule has 88 valence electrons. The molecule has 1 atom stereocenters. The Morgan fingerprint density at radius 2 is 2.18 bits per heavy atom. The van der Waals surface area contributed by atoms with Crippen LogP contribution in [0.15, 0.2) is 30.6 Å². The molecular formula is C13H15N3O. The van der Waals surface area contributed by atoms with Crippen molar-refractivity contribution in [3.63, 3.8) is 0 Å². The summed E-state index contributed by atoms with van der Waals surface area (Å²) in [6.45, 7) is 4.92. The standard InChI is InChI=1S/C13H15N3O/c1-9(2)16-8-14-15-13(16)11-7-17-12-6-4-3-5-10(11)12/h3-6,8-9,11H,7H2,1-2H3. The molecule has 1 aromatic carbocycles. The van der Waals surface area contributed by atoms with E-state index in [1.165, 1.54) is 5.56 Å². The van der Waals surface area contributed by atoms with Crippen molar-refractivity contribution in [2.75, 3.05) is 6.61 Å². The van der Waals surface area contributed by atoms with Crippen LogP contribution in [0.5, 0.6) is 5.75 Å². The lowest BCUT2D eigenvalue weighted by Crippen LogP contribution is -2.12. The third kappa shape index (κ3) is 1.60. The summed E-state index contributed by atoms with van der Waals surface area (Å²) in [4.78, 5) is 0. The second kappa shape index (κ2) is 3.87. The summed E-state index contributed by atoms with van der Waals surface area (Å²) in [5.41, 5.74) is 1.21. The minimum Gasteiger partial charge on any atom is -0.492 e. The third-order valence-electron chi connectivity index (χ3n) is 3.17. The van der Waals surface area contributed by atoms with Crippen LogP contribution in [0.3, 0.4) is 0 Å². The Balaban J connectivity index is 2.04. The number of ether oxygens (including phenoxy) is 1. The van der Waals surface area contributed by atoms with Crippen LogP contribution in [-0.2, 0) is 0 Å². The summed E-state index contributed by atoms with van der Waals surface area (Å²) in [7, 11) is 0. The van der Waals surface area contributed by atoms with Gasteiger partial charge in [0, 0.05) is 11.6 Å². The van der Waals surface area contributed by atoms with Gasteiger partial charge in [0.15, 0.2) is 0 Å². The van der Waals surface area contributed by atoms with E-state index in [0.29, 0.717) is 12.6 Å². The quantitative estimate of drug-likeness (QED) is 0.793. The van der Waals surface area contributed by atoms with E-state index in [2.05, 4.69) is 34.7 Å². The highest BCUT2D eigenvalue weighted by Gasteiger charge is 2.29. The van der Waals surface area contributed by atoms with Crippen LogP contribution in [0.1, 0.15) is 37.2 Å². The Hall–Kier alpha value is -1.84. The van der Waals surface area contributed by atoms with E-state index in [4.69, 9.17) is 4.74 Å². The maximum absolute atomic E-state index is 5.69. The molecule has 0 amide bonds. The van der Waals surface area contributed by atoms with Gasteiger partial charge in [-0.25, -0.2) is 0 Å².